The van der Waals surface area contributed by atoms with E-state index in [1.807, 2.05) is 18.2 Å². The normalized spacial score (nSPS) is 16.9. The van der Waals surface area contributed by atoms with Crippen LogP contribution in [0.2, 0.25) is 0 Å². The molecule has 4 heteroatoms. The summed E-state index contributed by atoms with van der Waals surface area (Å²) in [5.74, 6) is 2.20. The molecule has 4 nitrogen and oxygen atoms in total. The van der Waals surface area contributed by atoms with Crippen molar-refractivity contribution in [2.75, 3.05) is 26.1 Å². The summed E-state index contributed by atoms with van der Waals surface area (Å²) in [6.45, 7) is 0.555. The van der Waals surface area contributed by atoms with Crippen molar-refractivity contribution in [3.63, 3.8) is 0 Å². The van der Waals surface area contributed by atoms with Crippen molar-refractivity contribution in [2.45, 2.75) is 38.2 Å². The fraction of sp³-hybridized carbons (Fsp3) is 0.625. The second kappa shape index (κ2) is 7.39. The van der Waals surface area contributed by atoms with Gasteiger partial charge in [-0.3, -0.25) is 0 Å². The second-order valence-corrected chi connectivity index (χ2v) is 5.49. The molecule has 2 rings (SSSR count). The molecule has 0 heterocycles. The van der Waals surface area contributed by atoms with E-state index in [1.165, 1.54) is 25.7 Å². The lowest BCUT2D eigenvalue weighted by atomic mass is 10.00. The van der Waals surface area contributed by atoms with E-state index in [1.54, 1.807) is 14.2 Å². The SMILES string of the molecule is COc1ccc(NCC(O)CC2CCCC2)c(OC)c1. The number of rotatable bonds is 7. The average Bonchev–Trinajstić information content (AvgIpc) is 2.97. The maximum atomic E-state index is 10.1. The highest BCUT2D eigenvalue weighted by atomic mass is 16.5. The van der Waals surface area contributed by atoms with E-state index in [0.717, 1.165) is 23.6 Å². The number of benzene rings is 1. The molecule has 20 heavy (non-hydrogen) atoms. The van der Waals surface area contributed by atoms with Crippen LogP contribution in [0.15, 0.2) is 18.2 Å². The van der Waals surface area contributed by atoms with E-state index in [0.29, 0.717) is 12.5 Å². The van der Waals surface area contributed by atoms with E-state index in [2.05, 4.69) is 5.32 Å². The van der Waals surface area contributed by atoms with Crippen molar-refractivity contribution < 1.29 is 14.6 Å². The monoisotopic (exact) mass is 279 g/mol. The number of nitrogens with one attached hydrogen (secondary N) is 1. The van der Waals surface area contributed by atoms with Gasteiger partial charge in [-0.2, -0.15) is 0 Å². The highest BCUT2D eigenvalue weighted by Gasteiger charge is 2.18. The molecule has 1 fully saturated rings. The molecule has 1 aromatic rings. The average molecular weight is 279 g/mol. The number of hydrogen-bond donors (Lipinski definition) is 2. The molecule has 2 N–H and O–H groups in total. The molecule has 0 saturated heterocycles. The second-order valence-electron chi connectivity index (χ2n) is 5.49. The summed E-state index contributed by atoms with van der Waals surface area (Å²) in [6.07, 6.45) is 5.76. The van der Waals surface area contributed by atoms with Gasteiger partial charge in [0, 0.05) is 12.6 Å². The van der Waals surface area contributed by atoms with Crippen LogP contribution in [-0.2, 0) is 0 Å². The summed E-state index contributed by atoms with van der Waals surface area (Å²) < 4.78 is 10.5. The molecule has 1 aliphatic rings. The van der Waals surface area contributed by atoms with Gasteiger partial charge in [-0.05, 0) is 24.5 Å². The lowest BCUT2D eigenvalue weighted by Crippen LogP contribution is -2.22. The fourth-order valence-corrected chi connectivity index (χ4v) is 2.89. The smallest absolute Gasteiger partial charge is 0.145 e. The Kier molecular flexibility index (Phi) is 5.53. The molecule has 1 unspecified atom stereocenters. The number of ether oxygens (including phenoxy) is 2. The Morgan fingerprint density at radius 2 is 2.00 bits per heavy atom. The van der Waals surface area contributed by atoms with Crippen LogP contribution in [0, 0.1) is 5.92 Å². The highest BCUT2D eigenvalue weighted by Crippen LogP contribution is 2.30. The van der Waals surface area contributed by atoms with Crippen molar-refractivity contribution in [3.8, 4) is 11.5 Å². The first-order valence-corrected chi connectivity index (χ1v) is 7.37. The minimum Gasteiger partial charge on any atom is -0.497 e. The predicted molar refractivity (Wildman–Crippen MR) is 80.6 cm³/mol. The number of aliphatic hydroxyl groups excluding tert-OH is 1. The first-order valence-electron chi connectivity index (χ1n) is 7.37. The Bertz CT molecular complexity index is 416. The molecule has 1 aromatic carbocycles. The Hall–Kier alpha value is -1.42. The molecular formula is C16H25NO3. The summed E-state index contributed by atoms with van der Waals surface area (Å²) in [5, 5.41) is 13.4. The summed E-state index contributed by atoms with van der Waals surface area (Å²) in [4.78, 5) is 0. The first kappa shape index (κ1) is 15.0. The van der Waals surface area contributed by atoms with Crippen molar-refractivity contribution in [1.29, 1.82) is 0 Å². The van der Waals surface area contributed by atoms with Crippen LogP contribution < -0.4 is 14.8 Å². The fourth-order valence-electron chi connectivity index (χ4n) is 2.89. The highest BCUT2D eigenvalue weighted by molar-refractivity contribution is 5.59. The van der Waals surface area contributed by atoms with Crippen LogP contribution in [0.25, 0.3) is 0 Å². The van der Waals surface area contributed by atoms with Gasteiger partial charge in [0.15, 0.2) is 0 Å². The molecule has 0 radical (unpaired) electrons. The zero-order valence-electron chi connectivity index (χ0n) is 12.4. The third-order valence-corrected chi connectivity index (χ3v) is 4.02. The number of methoxy groups -OCH3 is 2. The van der Waals surface area contributed by atoms with Gasteiger partial charge in [0.1, 0.15) is 11.5 Å². The Morgan fingerprint density at radius 3 is 2.65 bits per heavy atom. The summed E-state index contributed by atoms with van der Waals surface area (Å²) >= 11 is 0. The maximum Gasteiger partial charge on any atom is 0.145 e. The van der Waals surface area contributed by atoms with Crippen molar-refractivity contribution in [1.82, 2.24) is 0 Å². The van der Waals surface area contributed by atoms with Crippen LogP contribution >= 0.6 is 0 Å². The minimum atomic E-state index is -0.301. The quantitative estimate of drug-likeness (QED) is 0.805. The molecule has 0 bridgehead atoms. The Morgan fingerprint density at radius 1 is 1.25 bits per heavy atom. The molecule has 0 amide bonds. The van der Waals surface area contributed by atoms with Crippen LogP contribution in [0.3, 0.4) is 0 Å². The summed E-state index contributed by atoms with van der Waals surface area (Å²) in [7, 11) is 3.27. The van der Waals surface area contributed by atoms with Gasteiger partial charge in [0.2, 0.25) is 0 Å². The van der Waals surface area contributed by atoms with Gasteiger partial charge in [0.05, 0.1) is 26.0 Å². The number of aliphatic hydroxyl groups is 1. The van der Waals surface area contributed by atoms with E-state index >= 15 is 0 Å². The molecule has 0 spiro atoms. The van der Waals surface area contributed by atoms with Crippen LogP contribution in [0.4, 0.5) is 5.69 Å². The summed E-state index contributed by atoms with van der Waals surface area (Å²) in [5.41, 5.74) is 0.888. The molecule has 1 saturated carbocycles. The van der Waals surface area contributed by atoms with Gasteiger partial charge in [-0.25, -0.2) is 0 Å². The topological polar surface area (TPSA) is 50.7 Å². The zero-order chi connectivity index (χ0) is 14.4. The largest absolute Gasteiger partial charge is 0.497 e. The Labute approximate surface area is 121 Å². The lowest BCUT2D eigenvalue weighted by molar-refractivity contribution is 0.155. The van der Waals surface area contributed by atoms with Crippen molar-refractivity contribution in [3.05, 3.63) is 18.2 Å². The van der Waals surface area contributed by atoms with E-state index < -0.39 is 0 Å². The molecule has 1 aliphatic carbocycles. The van der Waals surface area contributed by atoms with E-state index in [4.69, 9.17) is 9.47 Å². The third-order valence-electron chi connectivity index (χ3n) is 4.02. The molecule has 112 valence electrons. The summed E-state index contributed by atoms with van der Waals surface area (Å²) in [6, 6.07) is 5.64. The standard InChI is InChI=1S/C16H25NO3/c1-19-14-7-8-15(16(10-14)20-2)17-11-13(18)9-12-5-3-4-6-12/h7-8,10,12-13,17-18H,3-6,9,11H2,1-2H3. The maximum absolute atomic E-state index is 10.1. The zero-order valence-corrected chi connectivity index (χ0v) is 12.4. The third kappa shape index (κ3) is 4.04. The molecule has 0 aromatic heterocycles. The van der Waals surface area contributed by atoms with Crippen molar-refractivity contribution >= 4 is 5.69 Å². The van der Waals surface area contributed by atoms with Gasteiger partial charge in [0.25, 0.3) is 0 Å². The van der Waals surface area contributed by atoms with Gasteiger partial charge in [-0.15, -0.1) is 0 Å². The van der Waals surface area contributed by atoms with Crippen LogP contribution in [0.1, 0.15) is 32.1 Å². The molecular weight excluding hydrogens is 254 g/mol. The molecule has 0 aliphatic heterocycles. The Balaban J connectivity index is 1.86. The lowest BCUT2D eigenvalue weighted by Gasteiger charge is -2.18. The van der Waals surface area contributed by atoms with Crippen LogP contribution in [0.5, 0.6) is 11.5 Å². The number of hydrogen-bond acceptors (Lipinski definition) is 4. The van der Waals surface area contributed by atoms with Crippen molar-refractivity contribution in [2.24, 2.45) is 5.92 Å². The van der Waals surface area contributed by atoms with E-state index in [-0.39, 0.29) is 6.10 Å². The first-order chi connectivity index (χ1) is 9.72. The van der Waals surface area contributed by atoms with Gasteiger partial charge < -0.3 is 19.9 Å². The van der Waals surface area contributed by atoms with Crippen LogP contribution in [-0.4, -0.2) is 32.0 Å². The van der Waals surface area contributed by atoms with Gasteiger partial charge in [-0.1, -0.05) is 25.7 Å². The van der Waals surface area contributed by atoms with Gasteiger partial charge >= 0.3 is 0 Å². The number of anilines is 1. The minimum absolute atomic E-state index is 0.301. The van der Waals surface area contributed by atoms with E-state index in [9.17, 15) is 5.11 Å². The molecule has 1 atom stereocenters. The predicted octanol–water partition coefficient (Wildman–Crippen LogP) is 3.06.